The third-order valence-corrected chi connectivity index (χ3v) is 9.39. The van der Waals surface area contributed by atoms with Crippen molar-refractivity contribution < 1.29 is 14.0 Å². The molecule has 0 spiro atoms. The van der Waals surface area contributed by atoms with E-state index in [1.54, 1.807) is 19.9 Å². The molecule has 6 nitrogen and oxygen atoms in total. The van der Waals surface area contributed by atoms with Crippen LogP contribution in [0.2, 0.25) is 0 Å². The highest BCUT2D eigenvalue weighted by molar-refractivity contribution is 8.05. The number of carbonyl (C=O) groups excluding carboxylic acids is 2. The Morgan fingerprint density at radius 2 is 1.79 bits per heavy atom. The quantitative estimate of drug-likeness (QED) is 0.145. The fraction of sp³-hybridized carbons (Fsp3) is 0.486. The van der Waals surface area contributed by atoms with Crippen LogP contribution in [-0.2, 0) is 9.59 Å². The molecular weight excluding hydrogens is 559 g/mol. The molecule has 2 rings (SSSR count). The molecule has 1 atom stereocenters. The molecule has 0 unspecified atom stereocenters. The second kappa shape index (κ2) is 16.0. The van der Waals surface area contributed by atoms with Crippen molar-refractivity contribution in [3.8, 4) is 0 Å². The highest BCUT2D eigenvalue weighted by Crippen LogP contribution is 2.42. The number of thioether (sulfide) groups is 1. The Morgan fingerprint density at radius 3 is 2.37 bits per heavy atom. The molecular formula is C35H49FN4O2S. The van der Waals surface area contributed by atoms with Gasteiger partial charge in [-0.25, -0.2) is 9.38 Å². The van der Waals surface area contributed by atoms with Gasteiger partial charge in [0.15, 0.2) is 0 Å². The van der Waals surface area contributed by atoms with Crippen LogP contribution in [0.4, 0.5) is 10.1 Å². The summed E-state index contributed by atoms with van der Waals surface area (Å²) in [5.41, 5.74) is 8.65. The molecule has 1 fully saturated rings. The standard InChI is InChI=1S/C35H49FN4O2S/c1-23-10-12-28(13-11-23)19-40-31-16-29(36)14-15-30(31)25(3)18-39-26(4)32(33(37)38-9)35(8,22-42)27(5)43-20-24(2)17-34(6,7)21-41/h14-16,20-23,28,40H,3,5,9-13,17-19,37H2,1-2,4,6-8H3/b24-20+,33-32+,39-26-/t23?,28?,35-/m0/s1. The van der Waals surface area contributed by atoms with Gasteiger partial charge in [-0.2, -0.15) is 0 Å². The molecule has 0 aliphatic heterocycles. The fourth-order valence-corrected chi connectivity index (χ4v) is 6.23. The zero-order chi connectivity index (χ0) is 32.4. The summed E-state index contributed by atoms with van der Waals surface area (Å²) in [6.07, 6.45) is 7.09. The van der Waals surface area contributed by atoms with Crippen LogP contribution in [0.25, 0.3) is 5.57 Å². The number of halogens is 1. The zero-order valence-electron chi connectivity index (χ0n) is 26.8. The second-order valence-electron chi connectivity index (χ2n) is 12.7. The molecule has 3 N–H and O–H groups in total. The molecule has 1 saturated carbocycles. The van der Waals surface area contributed by atoms with Crippen molar-refractivity contribution in [1.82, 2.24) is 0 Å². The van der Waals surface area contributed by atoms with E-state index < -0.39 is 10.8 Å². The first-order chi connectivity index (χ1) is 20.2. The van der Waals surface area contributed by atoms with Gasteiger partial charge in [-0.05, 0) is 92.7 Å². The summed E-state index contributed by atoms with van der Waals surface area (Å²) >= 11 is 1.31. The van der Waals surface area contributed by atoms with Crippen molar-refractivity contribution in [1.29, 1.82) is 0 Å². The third-order valence-electron chi connectivity index (χ3n) is 8.16. The number of aldehydes is 2. The van der Waals surface area contributed by atoms with E-state index in [2.05, 4.69) is 37.1 Å². The van der Waals surface area contributed by atoms with E-state index in [-0.39, 0.29) is 18.2 Å². The van der Waals surface area contributed by atoms with Crippen LogP contribution >= 0.6 is 11.8 Å². The molecule has 43 heavy (non-hydrogen) atoms. The van der Waals surface area contributed by atoms with E-state index in [0.717, 1.165) is 36.2 Å². The maximum absolute atomic E-state index is 14.2. The monoisotopic (exact) mass is 608 g/mol. The van der Waals surface area contributed by atoms with Gasteiger partial charge in [-0.3, -0.25) is 4.99 Å². The Bertz CT molecular complexity index is 1300. The predicted octanol–water partition coefficient (Wildman–Crippen LogP) is 8.38. The van der Waals surface area contributed by atoms with E-state index in [0.29, 0.717) is 39.8 Å². The smallest absolute Gasteiger partial charge is 0.135 e. The van der Waals surface area contributed by atoms with Crippen LogP contribution in [0.15, 0.2) is 68.6 Å². The maximum Gasteiger partial charge on any atom is 0.135 e. The van der Waals surface area contributed by atoms with E-state index >= 15 is 0 Å². The van der Waals surface area contributed by atoms with Crippen LogP contribution in [-0.4, -0.2) is 38.1 Å². The molecule has 0 radical (unpaired) electrons. The number of allylic oxidation sites excluding steroid dienone is 3. The van der Waals surface area contributed by atoms with Crippen molar-refractivity contribution in [3.63, 3.8) is 0 Å². The highest BCUT2D eigenvalue weighted by Gasteiger charge is 2.36. The molecule has 1 aliphatic carbocycles. The van der Waals surface area contributed by atoms with Crippen molar-refractivity contribution in [2.45, 2.75) is 73.6 Å². The van der Waals surface area contributed by atoms with Crippen molar-refractivity contribution in [3.05, 3.63) is 70.0 Å². The number of hydrogen-bond donors (Lipinski definition) is 2. The Morgan fingerprint density at radius 1 is 1.14 bits per heavy atom. The number of carbonyl (C=O) groups is 2. The number of aliphatic imine (C=N–C) groups is 2. The van der Waals surface area contributed by atoms with Crippen molar-refractivity contribution >= 4 is 48.0 Å². The molecule has 0 amide bonds. The Labute approximate surface area is 262 Å². The first-order valence-electron chi connectivity index (χ1n) is 14.8. The van der Waals surface area contributed by atoms with E-state index in [4.69, 9.17) is 10.7 Å². The summed E-state index contributed by atoms with van der Waals surface area (Å²) in [6, 6.07) is 4.65. The van der Waals surface area contributed by atoms with Crippen LogP contribution in [0.3, 0.4) is 0 Å². The largest absolute Gasteiger partial charge is 0.384 e. The summed E-state index contributed by atoms with van der Waals surface area (Å²) < 4.78 is 14.2. The lowest BCUT2D eigenvalue weighted by molar-refractivity contribution is -0.114. The first-order valence-corrected chi connectivity index (χ1v) is 15.7. The topological polar surface area (TPSA) is 96.9 Å². The second-order valence-corrected chi connectivity index (χ2v) is 13.7. The molecule has 1 aromatic carbocycles. The SMILES string of the molecule is C=N/C(N)=C(\C(C)=N/CC(=C)c1ccc(F)cc1NCC1CCC(C)CC1)[C@@](C)(C=O)C(=C)S/C=C(\C)CC(C)(C)C=O. The summed E-state index contributed by atoms with van der Waals surface area (Å²) in [6.45, 7) is 24.5. The van der Waals surface area contributed by atoms with Crippen molar-refractivity contribution in [2.75, 3.05) is 18.4 Å². The van der Waals surface area contributed by atoms with Gasteiger partial charge in [0.25, 0.3) is 0 Å². The normalized spacial score (nSPS) is 20.0. The molecule has 8 heteroatoms. The third kappa shape index (κ3) is 10.2. The molecule has 234 valence electrons. The van der Waals surface area contributed by atoms with Gasteiger partial charge < -0.3 is 20.6 Å². The van der Waals surface area contributed by atoms with Crippen LogP contribution in [0.5, 0.6) is 0 Å². The minimum absolute atomic E-state index is 0.0805. The molecule has 0 saturated heterocycles. The Balaban J connectivity index is 2.28. The number of benzene rings is 1. The lowest BCUT2D eigenvalue weighted by Gasteiger charge is -2.29. The summed E-state index contributed by atoms with van der Waals surface area (Å²) in [5.74, 6) is 1.09. The minimum atomic E-state index is -1.22. The van der Waals surface area contributed by atoms with Gasteiger partial charge in [0.05, 0.1) is 12.0 Å². The van der Waals surface area contributed by atoms with Gasteiger partial charge >= 0.3 is 0 Å². The van der Waals surface area contributed by atoms with Gasteiger partial charge in [0, 0.05) is 34.5 Å². The number of hydrogen-bond acceptors (Lipinski definition) is 7. The van der Waals surface area contributed by atoms with Crippen LogP contribution < -0.4 is 11.1 Å². The minimum Gasteiger partial charge on any atom is -0.384 e. The number of rotatable bonds is 16. The molecule has 0 heterocycles. The van der Waals surface area contributed by atoms with Gasteiger partial charge in [0.2, 0.25) is 0 Å². The fourth-order valence-electron chi connectivity index (χ4n) is 5.40. The Hall–Kier alpha value is -3.26. The van der Waals surface area contributed by atoms with Gasteiger partial charge in [0.1, 0.15) is 24.2 Å². The number of nitrogens with one attached hydrogen (secondary N) is 1. The van der Waals surface area contributed by atoms with Crippen LogP contribution in [0.1, 0.15) is 79.2 Å². The van der Waals surface area contributed by atoms with Crippen molar-refractivity contribution in [2.24, 2.45) is 38.4 Å². The molecule has 0 bridgehead atoms. The average Bonchev–Trinajstić information content (AvgIpc) is 2.97. The predicted molar refractivity (Wildman–Crippen MR) is 183 cm³/mol. The maximum atomic E-state index is 14.2. The van der Waals surface area contributed by atoms with Crippen LogP contribution in [0, 0.1) is 28.5 Å². The number of anilines is 1. The Kier molecular flexibility index (Phi) is 13.4. The van der Waals surface area contributed by atoms with Gasteiger partial charge in [-0.15, -0.1) is 11.8 Å². The number of nitrogens with zero attached hydrogens (tertiary/aromatic N) is 2. The molecule has 1 aromatic rings. The average molecular weight is 609 g/mol. The molecule has 0 aromatic heterocycles. The lowest BCUT2D eigenvalue weighted by atomic mass is 9.80. The van der Waals surface area contributed by atoms with E-state index in [1.165, 1.54) is 49.6 Å². The van der Waals surface area contributed by atoms with E-state index in [9.17, 15) is 14.0 Å². The molecule has 1 aliphatic rings. The summed E-state index contributed by atoms with van der Waals surface area (Å²) in [5, 5.41) is 5.36. The number of nitrogens with two attached hydrogens (primary N) is 1. The summed E-state index contributed by atoms with van der Waals surface area (Å²) in [4.78, 5) is 33.2. The summed E-state index contributed by atoms with van der Waals surface area (Å²) in [7, 11) is 0. The van der Waals surface area contributed by atoms with Gasteiger partial charge in [-0.1, -0.05) is 52.3 Å². The lowest BCUT2D eigenvalue weighted by Crippen LogP contribution is -2.29. The highest BCUT2D eigenvalue weighted by atomic mass is 32.2. The zero-order valence-corrected chi connectivity index (χ0v) is 27.6. The van der Waals surface area contributed by atoms with E-state index in [1.807, 2.05) is 26.2 Å². The first kappa shape index (κ1) is 35.9.